The topological polar surface area (TPSA) is 53.3 Å². The van der Waals surface area contributed by atoms with Crippen LogP contribution in [-0.2, 0) is 15.3 Å². The summed E-state index contributed by atoms with van der Waals surface area (Å²) in [6, 6.07) is -0.459. The molecule has 27 heavy (non-hydrogen) atoms. The van der Waals surface area contributed by atoms with E-state index in [0.717, 1.165) is 10.9 Å². The van der Waals surface area contributed by atoms with Crippen LogP contribution in [0.5, 0.6) is 0 Å². The Morgan fingerprint density at radius 2 is 1.89 bits per heavy atom. The first-order valence-electron chi connectivity index (χ1n) is 9.13. The normalized spacial score (nSPS) is 23.9. The summed E-state index contributed by atoms with van der Waals surface area (Å²) in [5.74, 6) is -1.00. The van der Waals surface area contributed by atoms with Gasteiger partial charge in [-0.15, -0.1) is 0 Å². The molecule has 9 heteroatoms. The van der Waals surface area contributed by atoms with Gasteiger partial charge in [-0.25, -0.2) is 4.79 Å². The van der Waals surface area contributed by atoms with Gasteiger partial charge in [0.15, 0.2) is 14.0 Å². The lowest BCUT2D eigenvalue weighted by atomic mass is 9.77. The maximum absolute atomic E-state index is 13.6. The Hall–Kier alpha value is -1.35. The van der Waals surface area contributed by atoms with Gasteiger partial charge in [-0.2, -0.15) is 18.3 Å². The van der Waals surface area contributed by atoms with Crippen molar-refractivity contribution in [3.8, 4) is 0 Å². The van der Waals surface area contributed by atoms with Crippen molar-refractivity contribution in [2.24, 2.45) is 0 Å². The molecule has 1 aliphatic rings. The van der Waals surface area contributed by atoms with Crippen molar-refractivity contribution in [1.29, 1.82) is 0 Å². The SMILES string of the molecule is CCOC(=O)c1cnn([C@H]2C[C@@](C)(O[Si](C)(C)C(C)(C)C)C2)c1C(F)(F)F. The third-order valence-electron chi connectivity index (χ3n) is 5.55. The van der Waals surface area contributed by atoms with Gasteiger partial charge in [0.25, 0.3) is 0 Å². The van der Waals surface area contributed by atoms with Gasteiger partial charge in [-0.1, -0.05) is 20.8 Å². The van der Waals surface area contributed by atoms with Crippen molar-refractivity contribution >= 4 is 14.3 Å². The van der Waals surface area contributed by atoms with Gasteiger partial charge in [0.2, 0.25) is 0 Å². The standard InChI is InChI=1S/C18H29F3N2O3Si/c1-8-25-15(24)13-11-22-23(14(13)18(19,20)21)12-9-17(5,10-12)26-27(6,7)16(2,3)4/h11-12H,8-10H2,1-7H3/t12-,17+. The molecule has 1 heterocycles. The molecule has 0 spiro atoms. The first-order chi connectivity index (χ1) is 12.1. The summed E-state index contributed by atoms with van der Waals surface area (Å²) in [4.78, 5) is 11.9. The maximum Gasteiger partial charge on any atom is 0.433 e. The molecular weight excluding hydrogens is 377 g/mol. The lowest BCUT2D eigenvalue weighted by molar-refractivity contribution is -0.149. The van der Waals surface area contributed by atoms with Crippen LogP contribution in [0.25, 0.3) is 0 Å². The lowest BCUT2D eigenvalue weighted by Gasteiger charge is -2.52. The van der Waals surface area contributed by atoms with Crippen molar-refractivity contribution in [3.63, 3.8) is 0 Å². The highest BCUT2D eigenvalue weighted by molar-refractivity contribution is 6.74. The highest BCUT2D eigenvalue weighted by Crippen LogP contribution is 2.50. The predicted octanol–water partition coefficient (Wildman–Crippen LogP) is 5.19. The van der Waals surface area contributed by atoms with Gasteiger partial charge < -0.3 is 9.16 Å². The largest absolute Gasteiger partial charge is 0.462 e. The molecular formula is C18H29F3N2O3Si. The Kier molecular flexibility index (Phi) is 5.62. The Morgan fingerprint density at radius 3 is 2.33 bits per heavy atom. The Labute approximate surface area is 159 Å². The number of hydrogen-bond donors (Lipinski definition) is 0. The zero-order valence-corrected chi connectivity index (χ0v) is 18.0. The number of aromatic nitrogens is 2. The Morgan fingerprint density at radius 1 is 1.33 bits per heavy atom. The van der Waals surface area contributed by atoms with E-state index in [-0.39, 0.29) is 11.6 Å². The van der Waals surface area contributed by atoms with Crippen LogP contribution in [-0.4, -0.2) is 36.3 Å². The number of ether oxygens (including phenoxy) is 1. The van der Waals surface area contributed by atoms with Crippen LogP contribution in [0.15, 0.2) is 6.20 Å². The van der Waals surface area contributed by atoms with Crippen LogP contribution in [0, 0.1) is 0 Å². The highest BCUT2D eigenvalue weighted by atomic mass is 28.4. The van der Waals surface area contributed by atoms with Gasteiger partial charge in [0.05, 0.1) is 24.4 Å². The predicted molar refractivity (Wildman–Crippen MR) is 98.1 cm³/mol. The number of esters is 1. The van der Waals surface area contributed by atoms with Crippen molar-refractivity contribution in [3.05, 3.63) is 17.5 Å². The van der Waals surface area contributed by atoms with E-state index < -0.39 is 43.4 Å². The van der Waals surface area contributed by atoms with Gasteiger partial charge in [0, 0.05) is 0 Å². The molecule has 1 aromatic heterocycles. The number of hydrogen-bond acceptors (Lipinski definition) is 4. The smallest absolute Gasteiger partial charge is 0.433 e. The van der Waals surface area contributed by atoms with Crippen LogP contribution in [0.3, 0.4) is 0 Å². The van der Waals surface area contributed by atoms with Gasteiger partial charge in [-0.3, -0.25) is 4.68 Å². The van der Waals surface area contributed by atoms with E-state index in [1.807, 2.05) is 6.92 Å². The number of nitrogens with zero attached hydrogens (tertiary/aromatic N) is 2. The molecule has 1 aromatic rings. The summed E-state index contributed by atoms with van der Waals surface area (Å²) in [6.45, 7) is 14.1. The van der Waals surface area contributed by atoms with Crippen LogP contribution < -0.4 is 0 Å². The van der Waals surface area contributed by atoms with Crippen LogP contribution in [0.4, 0.5) is 13.2 Å². The molecule has 0 bridgehead atoms. The zero-order chi connectivity index (χ0) is 20.8. The molecule has 0 atom stereocenters. The number of rotatable bonds is 5. The van der Waals surface area contributed by atoms with Crippen molar-refractivity contribution in [1.82, 2.24) is 9.78 Å². The third-order valence-corrected chi connectivity index (χ3v) is 10.2. The highest BCUT2D eigenvalue weighted by Gasteiger charge is 2.52. The molecule has 0 aromatic carbocycles. The monoisotopic (exact) mass is 406 g/mol. The lowest BCUT2D eigenvalue weighted by Crippen LogP contribution is -2.54. The Balaban J connectivity index is 2.24. The quantitative estimate of drug-likeness (QED) is 0.499. The Bertz CT molecular complexity index is 702. The second-order valence-electron chi connectivity index (χ2n) is 8.94. The summed E-state index contributed by atoms with van der Waals surface area (Å²) >= 11 is 0. The average molecular weight is 407 g/mol. The second kappa shape index (κ2) is 6.91. The van der Waals surface area contributed by atoms with Crippen LogP contribution in [0.1, 0.15) is 69.6 Å². The second-order valence-corrected chi connectivity index (χ2v) is 13.7. The molecule has 1 fully saturated rings. The molecule has 5 nitrogen and oxygen atoms in total. The van der Waals surface area contributed by atoms with Crippen molar-refractivity contribution in [2.45, 2.75) is 83.4 Å². The van der Waals surface area contributed by atoms with E-state index in [2.05, 4.69) is 39.0 Å². The number of alkyl halides is 3. The molecule has 2 rings (SSSR count). The van der Waals surface area contributed by atoms with Crippen molar-refractivity contribution < 1.29 is 27.1 Å². The summed E-state index contributed by atoms with van der Waals surface area (Å²) in [5.41, 5.74) is -2.06. The fraction of sp³-hybridized carbons (Fsp3) is 0.778. The fourth-order valence-electron chi connectivity index (χ4n) is 3.24. The fourth-order valence-corrected chi connectivity index (χ4v) is 4.95. The van der Waals surface area contributed by atoms with E-state index in [1.165, 1.54) is 0 Å². The molecule has 1 aliphatic carbocycles. The molecule has 0 radical (unpaired) electrons. The average Bonchev–Trinajstić information content (AvgIpc) is 2.87. The molecule has 0 amide bonds. The zero-order valence-electron chi connectivity index (χ0n) is 17.0. The summed E-state index contributed by atoms with van der Waals surface area (Å²) < 4.78 is 52.9. The number of halogens is 3. The molecule has 154 valence electrons. The van der Waals surface area contributed by atoms with E-state index in [4.69, 9.17) is 9.16 Å². The minimum Gasteiger partial charge on any atom is -0.462 e. The van der Waals surface area contributed by atoms with Crippen LogP contribution >= 0.6 is 0 Å². The summed E-state index contributed by atoms with van der Waals surface area (Å²) in [5, 5.41) is 3.89. The molecule has 0 aliphatic heterocycles. The van der Waals surface area contributed by atoms with Gasteiger partial charge in [0.1, 0.15) is 5.56 Å². The van der Waals surface area contributed by atoms with Crippen molar-refractivity contribution in [2.75, 3.05) is 6.61 Å². The van der Waals surface area contributed by atoms with E-state index in [0.29, 0.717) is 12.8 Å². The number of carbonyl (C=O) groups excluding carboxylic acids is 1. The van der Waals surface area contributed by atoms with E-state index >= 15 is 0 Å². The molecule has 0 saturated heterocycles. The minimum absolute atomic E-state index is 0.00314. The number of carbonyl (C=O) groups is 1. The van der Waals surface area contributed by atoms with E-state index in [9.17, 15) is 18.0 Å². The molecule has 0 N–H and O–H groups in total. The first-order valence-corrected chi connectivity index (χ1v) is 12.0. The third kappa shape index (κ3) is 4.39. The first kappa shape index (κ1) is 21.9. The maximum atomic E-state index is 13.6. The van der Waals surface area contributed by atoms with Crippen LogP contribution in [0.2, 0.25) is 18.1 Å². The molecule has 0 unspecified atom stereocenters. The molecule has 1 saturated carbocycles. The van der Waals surface area contributed by atoms with Gasteiger partial charge in [-0.05, 0) is 44.8 Å². The summed E-state index contributed by atoms with van der Waals surface area (Å²) in [7, 11) is -2.04. The minimum atomic E-state index is -4.69. The van der Waals surface area contributed by atoms with E-state index in [1.54, 1.807) is 6.92 Å². The van der Waals surface area contributed by atoms with Gasteiger partial charge >= 0.3 is 12.1 Å². The summed E-state index contributed by atoms with van der Waals surface area (Å²) in [6.07, 6.45) is -2.89.